The van der Waals surface area contributed by atoms with Crippen LogP contribution in [0, 0.1) is 11.3 Å². The van der Waals surface area contributed by atoms with Crippen molar-refractivity contribution in [3.8, 4) is 6.07 Å². The summed E-state index contributed by atoms with van der Waals surface area (Å²) in [6.07, 6.45) is 5.01. The SMILES string of the molecule is C=CCN(CCOC)c1nc2c(cc1C#N)CCC2. The van der Waals surface area contributed by atoms with Crippen LogP contribution in [0.3, 0.4) is 0 Å². The Hall–Kier alpha value is -1.86. The van der Waals surface area contributed by atoms with Gasteiger partial charge in [-0.1, -0.05) is 6.08 Å². The number of nitriles is 1. The monoisotopic (exact) mass is 257 g/mol. The van der Waals surface area contributed by atoms with Crippen LogP contribution in [0.1, 0.15) is 23.2 Å². The van der Waals surface area contributed by atoms with Gasteiger partial charge in [0.15, 0.2) is 0 Å². The number of rotatable bonds is 6. The summed E-state index contributed by atoms with van der Waals surface area (Å²) >= 11 is 0. The molecule has 0 N–H and O–H groups in total. The Morgan fingerprint density at radius 1 is 1.58 bits per heavy atom. The predicted molar refractivity (Wildman–Crippen MR) is 75.3 cm³/mol. The van der Waals surface area contributed by atoms with Gasteiger partial charge in [0.1, 0.15) is 11.9 Å². The van der Waals surface area contributed by atoms with E-state index in [0.717, 1.165) is 30.8 Å². The molecular formula is C15H19N3O. The van der Waals surface area contributed by atoms with Crippen LogP contribution in [0.15, 0.2) is 18.7 Å². The van der Waals surface area contributed by atoms with E-state index < -0.39 is 0 Å². The summed E-state index contributed by atoms with van der Waals surface area (Å²) in [5.74, 6) is 0.764. The van der Waals surface area contributed by atoms with Gasteiger partial charge in [0.25, 0.3) is 0 Å². The molecule has 0 aromatic carbocycles. The van der Waals surface area contributed by atoms with Gasteiger partial charge < -0.3 is 9.64 Å². The lowest BCUT2D eigenvalue weighted by atomic mass is 10.1. The highest BCUT2D eigenvalue weighted by Gasteiger charge is 2.19. The van der Waals surface area contributed by atoms with E-state index >= 15 is 0 Å². The van der Waals surface area contributed by atoms with Gasteiger partial charge in [0.05, 0.1) is 12.2 Å². The predicted octanol–water partition coefficient (Wildman–Crippen LogP) is 2.08. The topological polar surface area (TPSA) is 49.1 Å². The van der Waals surface area contributed by atoms with Gasteiger partial charge >= 0.3 is 0 Å². The molecule has 0 fully saturated rings. The second kappa shape index (κ2) is 6.35. The summed E-state index contributed by atoms with van der Waals surface area (Å²) in [6, 6.07) is 4.25. The maximum Gasteiger partial charge on any atom is 0.147 e. The first-order valence-electron chi connectivity index (χ1n) is 6.57. The second-order valence-corrected chi connectivity index (χ2v) is 4.66. The molecule has 0 amide bonds. The highest BCUT2D eigenvalue weighted by Crippen LogP contribution is 2.26. The van der Waals surface area contributed by atoms with Crippen LogP contribution in [-0.2, 0) is 17.6 Å². The molecule has 0 radical (unpaired) electrons. The van der Waals surface area contributed by atoms with Crippen molar-refractivity contribution in [2.45, 2.75) is 19.3 Å². The van der Waals surface area contributed by atoms with Crippen molar-refractivity contribution in [3.05, 3.63) is 35.5 Å². The van der Waals surface area contributed by atoms with E-state index in [9.17, 15) is 5.26 Å². The van der Waals surface area contributed by atoms with E-state index in [4.69, 9.17) is 9.72 Å². The van der Waals surface area contributed by atoms with E-state index in [2.05, 4.69) is 12.6 Å². The minimum atomic E-state index is 0.609. The molecule has 19 heavy (non-hydrogen) atoms. The molecule has 2 rings (SSSR count). The number of nitrogens with zero attached hydrogens (tertiary/aromatic N) is 3. The number of fused-ring (bicyclic) bond motifs is 1. The first-order valence-corrected chi connectivity index (χ1v) is 6.57. The zero-order valence-electron chi connectivity index (χ0n) is 11.4. The number of hydrogen-bond acceptors (Lipinski definition) is 4. The number of anilines is 1. The molecule has 4 nitrogen and oxygen atoms in total. The Kier molecular flexibility index (Phi) is 4.53. The summed E-state index contributed by atoms with van der Waals surface area (Å²) in [6.45, 7) is 5.76. The maximum atomic E-state index is 9.32. The Labute approximate surface area is 114 Å². The van der Waals surface area contributed by atoms with Crippen LogP contribution in [0.2, 0.25) is 0 Å². The molecule has 1 aliphatic rings. The van der Waals surface area contributed by atoms with E-state index in [0.29, 0.717) is 25.3 Å². The van der Waals surface area contributed by atoms with Crippen molar-refractivity contribution in [1.29, 1.82) is 5.26 Å². The quantitative estimate of drug-likeness (QED) is 0.732. The van der Waals surface area contributed by atoms with Gasteiger partial charge in [-0.3, -0.25) is 0 Å². The number of methoxy groups -OCH3 is 1. The van der Waals surface area contributed by atoms with Crippen LogP contribution in [0.5, 0.6) is 0 Å². The first kappa shape index (κ1) is 13.6. The average Bonchev–Trinajstić information content (AvgIpc) is 2.89. The van der Waals surface area contributed by atoms with Crippen LogP contribution in [0.25, 0.3) is 0 Å². The minimum Gasteiger partial charge on any atom is -0.383 e. The average molecular weight is 257 g/mol. The zero-order chi connectivity index (χ0) is 13.7. The summed E-state index contributed by atoms with van der Waals surface area (Å²) in [4.78, 5) is 6.75. The summed E-state index contributed by atoms with van der Waals surface area (Å²) in [5, 5.41) is 9.32. The lowest BCUT2D eigenvalue weighted by molar-refractivity contribution is 0.205. The van der Waals surface area contributed by atoms with Gasteiger partial charge in [-0.25, -0.2) is 4.98 Å². The molecule has 0 spiro atoms. The molecule has 0 saturated heterocycles. The van der Waals surface area contributed by atoms with Crippen LogP contribution < -0.4 is 4.90 Å². The summed E-state index contributed by atoms with van der Waals surface area (Å²) in [7, 11) is 1.67. The number of pyridine rings is 1. The maximum absolute atomic E-state index is 9.32. The van der Waals surface area contributed by atoms with Crippen LogP contribution >= 0.6 is 0 Å². The third kappa shape index (κ3) is 2.94. The van der Waals surface area contributed by atoms with Gasteiger partial charge in [-0.05, 0) is 30.9 Å². The van der Waals surface area contributed by atoms with Crippen molar-refractivity contribution >= 4 is 5.82 Å². The van der Waals surface area contributed by atoms with Gasteiger partial charge in [-0.15, -0.1) is 6.58 Å². The van der Waals surface area contributed by atoms with Gasteiger partial charge in [-0.2, -0.15) is 5.26 Å². The molecule has 0 atom stereocenters. The summed E-state index contributed by atoms with van der Waals surface area (Å²) in [5.41, 5.74) is 3.02. The second-order valence-electron chi connectivity index (χ2n) is 4.66. The third-order valence-electron chi connectivity index (χ3n) is 3.37. The van der Waals surface area contributed by atoms with E-state index in [1.165, 1.54) is 5.56 Å². The molecule has 1 heterocycles. The molecule has 1 aliphatic carbocycles. The molecular weight excluding hydrogens is 238 g/mol. The van der Waals surface area contributed by atoms with Crippen molar-refractivity contribution in [1.82, 2.24) is 4.98 Å². The van der Waals surface area contributed by atoms with E-state index in [-0.39, 0.29) is 0 Å². The molecule has 1 aromatic rings. The van der Waals surface area contributed by atoms with Gasteiger partial charge in [0.2, 0.25) is 0 Å². The lowest BCUT2D eigenvalue weighted by Gasteiger charge is -2.23. The lowest BCUT2D eigenvalue weighted by Crippen LogP contribution is -2.29. The smallest absolute Gasteiger partial charge is 0.147 e. The Balaban J connectivity index is 2.34. The highest BCUT2D eigenvalue weighted by molar-refractivity contribution is 5.57. The molecule has 0 unspecified atom stereocenters. The number of aryl methyl sites for hydroxylation is 2. The normalized spacial score (nSPS) is 12.8. The molecule has 0 aliphatic heterocycles. The Morgan fingerprint density at radius 3 is 3.11 bits per heavy atom. The third-order valence-corrected chi connectivity index (χ3v) is 3.37. The van der Waals surface area contributed by atoms with Crippen molar-refractivity contribution in [3.63, 3.8) is 0 Å². The highest BCUT2D eigenvalue weighted by atomic mass is 16.5. The van der Waals surface area contributed by atoms with Crippen molar-refractivity contribution in [2.75, 3.05) is 31.7 Å². The fourth-order valence-electron chi connectivity index (χ4n) is 2.43. The molecule has 0 bridgehead atoms. The molecule has 1 aromatic heterocycles. The standard InChI is InChI=1S/C15H19N3O/c1-3-7-18(8-9-19-2)15-13(11-16)10-12-5-4-6-14(12)17-15/h3,10H,1,4-9H2,2H3. The molecule has 0 saturated carbocycles. The zero-order valence-corrected chi connectivity index (χ0v) is 11.4. The van der Waals surface area contributed by atoms with Gasteiger partial charge in [0, 0.05) is 25.9 Å². The molecule has 100 valence electrons. The Bertz CT molecular complexity index is 505. The van der Waals surface area contributed by atoms with E-state index in [1.54, 1.807) is 7.11 Å². The first-order chi connectivity index (χ1) is 9.30. The summed E-state index contributed by atoms with van der Waals surface area (Å²) < 4.78 is 5.12. The largest absolute Gasteiger partial charge is 0.383 e. The number of aromatic nitrogens is 1. The number of hydrogen-bond donors (Lipinski definition) is 0. The molecule has 4 heteroatoms. The fourth-order valence-corrected chi connectivity index (χ4v) is 2.43. The Morgan fingerprint density at radius 2 is 2.42 bits per heavy atom. The van der Waals surface area contributed by atoms with Crippen molar-refractivity contribution < 1.29 is 4.74 Å². The van der Waals surface area contributed by atoms with Crippen LogP contribution in [0.4, 0.5) is 5.82 Å². The van der Waals surface area contributed by atoms with Crippen LogP contribution in [-0.4, -0.2) is 31.8 Å². The van der Waals surface area contributed by atoms with E-state index in [1.807, 2.05) is 17.0 Å². The number of ether oxygens (including phenoxy) is 1. The minimum absolute atomic E-state index is 0.609. The van der Waals surface area contributed by atoms with Crippen molar-refractivity contribution in [2.24, 2.45) is 0 Å². The fraction of sp³-hybridized carbons (Fsp3) is 0.467.